The summed E-state index contributed by atoms with van der Waals surface area (Å²) in [6, 6.07) is 14.1. The number of nitrogens with zero attached hydrogens (tertiary/aromatic N) is 1. The van der Waals surface area contributed by atoms with E-state index in [1.165, 1.54) is 13.2 Å². The third kappa shape index (κ3) is 4.37. The van der Waals surface area contributed by atoms with E-state index >= 15 is 0 Å². The maximum atomic E-state index is 12.2. The van der Waals surface area contributed by atoms with E-state index in [0.29, 0.717) is 22.8 Å². The van der Waals surface area contributed by atoms with Crippen molar-refractivity contribution in [1.29, 1.82) is 5.26 Å². The normalized spacial score (nSPS) is 10.2. The molecule has 0 aliphatic carbocycles. The molecule has 5 nitrogen and oxygen atoms in total. The number of ketones is 1. The molecule has 0 atom stereocenters. The van der Waals surface area contributed by atoms with Crippen LogP contribution >= 0.6 is 0 Å². The van der Waals surface area contributed by atoms with Crippen molar-refractivity contribution in [2.45, 2.75) is 0 Å². The number of carbonyl (C=O) groups is 1. The van der Waals surface area contributed by atoms with Gasteiger partial charge >= 0.3 is 0 Å². The number of benzene rings is 2. The minimum absolute atomic E-state index is 0.0557. The average Bonchev–Trinajstić information content (AvgIpc) is 2.64. The molecule has 24 heavy (non-hydrogen) atoms. The van der Waals surface area contributed by atoms with Crippen LogP contribution in [-0.4, -0.2) is 26.6 Å². The van der Waals surface area contributed by atoms with Crippen molar-refractivity contribution in [2.75, 3.05) is 20.8 Å². The second-order valence-electron chi connectivity index (χ2n) is 4.79. The van der Waals surface area contributed by atoms with Crippen molar-refractivity contribution >= 4 is 11.9 Å². The molecule has 0 spiro atoms. The first-order valence-corrected chi connectivity index (χ1v) is 7.22. The lowest BCUT2D eigenvalue weighted by atomic mass is 10.1. The Balaban J connectivity index is 2.16. The molecule has 0 N–H and O–H groups in total. The first-order valence-electron chi connectivity index (χ1n) is 7.22. The summed E-state index contributed by atoms with van der Waals surface area (Å²) in [5.74, 6) is 1.49. The summed E-state index contributed by atoms with van der Waals surface area (Å²) in [6.07, 6.45) is 3.18. The zero-order valence-electron chi connectivity index (χ0n) is 13.5. The lowest BCUT2D eigenvalue weighted by Gasteiger charge is -2.08. The van der Waals surface area contributed by atoms with Crippen LogP contribution in [0.2, 0.25) is 0 Å². The predicted octanol–water partition coefficient (Wildman–Crippen LogP) is 3.50. The molecule has 0 aromatic heterocycles. The number of carbonyl (C=O) groups excluding carboxylic acids is 1. The fourth-order valence-corrected chi connectivity index (χ4v) is 2.06. The molecule has 0 saturated heterocycles. The van der Waals surface area contributed by atoms with Gasteiger partial charge in [0.05, 0.1) is 14.2 Å². The van der Waals surface area contributed by atoms with Crippen molar-refractivity contribution in [2.24, 2.45) is 0 Å². The molecule has 0 unspecified atom stereocenters. The van der Waals surface area contributed by atoms with Gasteiger partial charge in [0.25, 0.3) is 0 Å². The molecule has 0 aliphatic heterocycles. The highest BCUT2D eigenvalue weighted by molar-refractivity contribution is 6.07. The van der Waals surface area contributed by atoms with E-state index in [-0.39, 0.29) is 12.4 Å². The summed E-state index contributed by atoms with van der Waals surface area (Å²) >= 11 is 0. The average molecular weight is 323 g/mol. The van der Waals surface area contributed by atoms with Crippen molar-refractivity contribution in [1.82, 2.24) is 0 Å². The summed E-state index contributed by atoms with van der Waals surface area (Å²) in [7, 11) is 3.07. The van der Waals surface area contributed by atoms with E-state index in [4.69, 9.17) is 19.5 Å². The second kappa shape index (κ2) is 8.39. The highest BCUT2D eigenvalue weighted by Crippen LogP contribution is 2.28. The van der Waals surface area contributed by atoms with E-state index in [2.05, 4.69) is 0 Å². The molecule has 2 aromatic carbocycles. The molecule has 2 aromatic rings. The number of hydrogen-bond donors (Lipinski definition) is 0. The van der Waals surface area contributed by atoms with Crippen LogP contribution in [0.3, 0.4) is 0 Å². The van der Waals surface area contributed by atoms with Gasteiger partial charge in [-0.05, 0) is 35.9 Å². The predicted molar refractivity (Wildman–Crippen MR) is 90.5 cm³/mol. The first-order chi connectivity index (χ1) is 11.7. The van der Waals surface area contributed by atoms with Crippen molar-refractivity contribution in [3.63, 3.8) is 0 Å². The number of nitriles is 1. The molecular formula is C19H17NO4. The largest absolute Gasteiger partial charge is 0.497 e. The smallest absolute Gasteiger partial charge is 0.185 e. The third-order valence-electron chi connectivity index (χ3n) is 3.26. The van der Waals surface area contributed by atoms with Gasteiger partial charge in [0.15, 0.2) is 23.9 Å². The van der Waals surface area contributed by atoms with E-state index in [0.717, 1.165) is 5.56 Å². The van der Waals surface area contributed by atoms with Gasteiger partial charge in [-0.1, -0.05) is 24.3 Å². The standard InChI is InChI=1S/C19H17NO4/c1-22-16-5-3-4-15(13-16)17(21)8-6-14-7-9-18(24-11-10-20)19(12-14)23-2/h3-9,12-13H,11H2,1-2H3. The van der Waals surface area contributed by atoms with E-state index < -0.39 is 0 Å². The van der Waals surface area contributed by atoms with Crippen LogP contribution in [0.15, 0.2) is 48.5 Å². The first kappa shape index (κ1) is 17.1. The summed E-state index contributed by atoms with van der Waals surface area (Å²) in [6.45, 7) is -0.0557. The van der Waals surface area contributed by atoms with Gasteiger partial charge in [-0.2, -0.15) is 5.26 Å². The van der Waals surface area contributed by atoms with Gasteiger partial charge in [-0.25, -0.2) is 0 Å². The summed E-state index contributed by atoms with van der Waals surface area (Å²) < 4.78 is 15.6. The van der Waals surface area contributed by atoms with Gasteiger partial charge in [-0.15, -0.1) is 0 Å². The van der Waals surface area contributed by atoms with Crippen molar-refractivity contribution < 1.29 is 19.0 Å². The molecule has 0 radical (unpaired) electrons. The molecule has 0 saturated carbocycles. The zero-order chi connectivity index (χ0) is 17.4. The van der Waals surface area contributed by atoms with Crippen molar-refractivity contribution in [3.05, 3.63) is 59.7 Å². The van der Waals surface area contributed by atoms with E-state index in [1.807, 2.05) is 6.07 Å². The van der Waals surface area contributed by atoms with Crippen LogP contribution in [0.4, 0.5) is 0 Å². The maximum absolute atomic E-state index is 12.2. The summed E-state index contributed by atoms with van der Waals surface area (Å²) in [4.78, 5) is 12.2. The maximum Gasteiger partial charge on any atom is 0.185 e. The molecule has 0 aliphatic rings. The minimum atomic E-state index is -0.127. The lowest BCUT2D eigenvalue weighted by molar-refractivity contribution is 0.104. The van der Waals surface area contributed by atoms with Crippen LogP contribution in [0.5, 0.6) is 17.2 Å². The molecule has 122 valence electrons. The van der Waals surface area contributed by atoms with Gasteiger partial charge in [0.2, 0.25) is 0 Å². The van der Waals surface area contributed by atoms with E-state index in [9.17, 15) is 4.79 Å². The Morgan fingerprint density at radius 3 is 2.67 bits per heavy atom. The fraction of sp³-hybridized carbons (Fsp3) is 0.158. The molecule has 2 rings (SSSR count). The second-order valence-corrected chi connectivity index (χ2v) is 4.79. The van der Waals surface area contributed by atoms with Gasteiger partial charge in [0.1, 0.15) is 11.8 Å². The fourth-order valence-electron chi connectivity index (χ4n) is 2.06. The molecule has 5 heteroatoms. The third-order valence-corrected chi connectivity index (χ3v) is 3.26. The Kier molecular flexibility index (Phi) is 5.98. The number of rotatable bonds is 7. The molecule has 0 amide bonds. The number of methoxy groups -OCH3 is 2. The van der Waals surface area contributed by atoms with E-state index in [1.54, 1.807) is 55.7 Å². The quantitative estimate of drug-likeness (QED) is 0.576. The molecular weight excluding hydrogens is 306 g/mol. The molecule has 0 bridgehead atoms. The lowest BCUT2D eigenvalue weighted by Crippen LogP contribution is -1.97. The minimum Gasteiger partial charge on any atom is -0.497 e. The Hall–Kier alpha value is -3.26. The summed E-state index contributed by atoms with van der Waals surface area (Å²) in [5.41, 5.74) is 1.33. The molecule has 0 heterocycles. The Morgan fingerprint density at radius 2 is 1.96 bits per heavy atom. The topological polar surface area (TPSA) is 68.5 Å². The Bertz CT molecular complexity index is 790. The number of hydrogen-bond acceptors (Lipinski definition) is 5. The van der Waals surface area contributed by atoms with Gasteiger partial charge in [-0.3, -0.25) is 4.79 Å². The number of allylic oxidation sites excluding steroid dienone is 1. The van der Waals surface area contributed by atoms with Gasteiger partial charge < -0.3 is 14.2 Å². The van der Waals surface area contributed by atoms with Gasteiger partial charge in [0, 0.05) is 5.56 Å². The van der Waals surface area contributed by atoms with Crippen LogP contribution in [0, 0.1) is 11.3 Å². The molecule has 0 fully saturated rings. The Morgan fingerprint density at radius 1 is 1.12 bits per heavy atom. The number of ether oxygens (including phenoxy) is 3. The zero-order valence-corrected chi connectivity index (χ0v) is 13.5. The Labute approximate surface area is 140 Å². The van der Waals surface area contributed by atoms with Crippen LogP contribution in [0.25, 0.3) is 6.08 Å². The summed E-state index contributed by atoms with van der Waals surface area (Å²) in [5, 5.41) is 8.56. The van der Waals surface area contributed by atoms with Crippen LogP contribution in [-0.2, 0) is 0 Å². The SMILES string of the molecule is COc1cccc(C(=O)C=Cc2ccc(OCC#N)c(OC)c2)c1. The highest BCUT2D eigenvalue weighted by atomic mass is 16.5. The highest BCUT2D eigenvalue weighted by Gasteiger charge is 2.06. The van der Waals surface area contributed by atoms with Crippen molar-refractivity contribution in [3.8, 4) is 23.3 Å². The van der Waals surface area contributed by atoms with Crippen LogP contribution in [0.1, 0.15) is 15.9 Å². The monoisotopic (exact) mass is 323 g/mol. The van der Waals surface area contributed by atoms with Crippen LogP contribution < -0.4 is 14.2 Å².